The molecule has 0 spiro atoms. The highest BCUT2D eigenvalue weighted by Crippen LogP contribution is 2.20. The molecule has 1 heterocycles. The quantitative estimate of drug-likeness (QED) is 0.793. The summed E-state index contributed by atoms with van der Waals surface area (Å²) in [7, 11) is -0.464. The average molecular weight is 358 g/mol. The standard InChI is InChI=1S/C15H23N3O3S2/c1-17(2)23(20,21)14-7-3-6-13(9-14)16-15(22)18-8-4-5-12(10-18)11-19/h3,6-7,9,12,19H,4-5,8,10-11H2,1-2H3,(H,16,22)/t12-/m0/s1. The second-order valence-electron chi connectivity index (χ2n) is 5.88. The first-order chi connectivity index (χ1) is 10.8. The van der Waals surface area contributed by atoms with Crippen LogP contribution in [0.5, 0.6) is 0 Å². The Morgan fingerprint density at radius 3 is 2.87 bits per heavy atom. The highest BCUT2D eigenvalue weighted by atomic mass is 32.2. The molecule has 23 heavy (non-hydrogen) atoms. The van der Waals surface area contributed by atoms with E-state index in [1.54, 1.807) is 24.3 Å². The number of hydrogen-bond donors (Lipinski definition) is 2. The Kier molecular flexibility index (Phi) is 5.96. The average Bonchev–Trinajstić information content (AvgIpc) is 2.55. The number of hydrogen-bond acceptors (Lipinski definition) is 4. The molecule has 1 atom stereocenters. The first-order valence-electron chi connectivity index (χ1n) is 7.54. The highest BCUT2D eigenvalue weighted by molar-refractivity contribution is 7.89. The number of aliphatic hydroxyl groups excluding tert-OH is 1. The number of sulfonamides is 1. The summed E-state index contributed by atoms with van der Waals surface area (Å²) in [6, 6.07) is 6.61. The van der Waals surface area contributed by atoms with Crippen LogP contribution in [0.15, 0.2) is 29.2 Å². The van der Waals surface area contributed by atoms with Gasteiger partial charge in [0.1, 0.15) is 0 Å². The van der Waals surface area contributed by atoms with Crippen LogP contribution in [0.4, 0.5) is 5.69 Å². The van der Waals surface area contributed by atoms with Crippen molar-refractivity contribution in [2.24, 2.45) is 5.92 Å². The van der Waals surface area contributed by atoms with E-state index in [9.17, 15) is 13.5 Å². The van der Waals surface area contributed by atoms with Crippen molar-refractivity contribution in [2.75, 3.05) is 39.1 Å². The van der Waals surface area contributed by atoms with Gasteiger partial charge in [0.2, 0.25) is 10.0 Å². The van der Waals surface area contributed by atoms with E-state index in [1.807, 2.05) is 4.90 Å². The smallest absolute Gasteiger partial charge is 0.242 e. The molecule has 0 aliphatic carbocycles. The van der Waals surface area contributed by atoms with Gasteiger partial charge in [-0.25, -0.2) is 12.7 Å². The molecule has 0 unspecified atom stereocenters. The van der Waals surface area contributed by atoms with Gasteiger partial charge in [-0.15, -0.1) is 0 Å². The fourth-order valence-electron chi connectivity index (χ4n) is 2.55. The van der Waals surface area contributed by atoms with Gasteiger partial charge in [-0.3, -0.25) is 0 Å². The number of nitrogens with zero attached hydrogens (tertiary/aromatic N) is 2. The zero-order chi connectivity index (χ0) is 17.0. The van der Waals surface area contributed by atoms with Crippen molar-refractivity contribution in [2.45, 2.75) is 17.7 Å². The molecule has 2 N–H and O–H groups in total. The van der Waals surface area contributed by atoms with E-state index in [0.29, 0.717) is 10.8 Å². The maximum Gasteiger partial charge on any atom is 0.242 e. The van der Waals surface area contributed by atoms with E-state index in [1.165, 1.54) is 18.4 Å². The fraction of sp³-hybridized carbons (Fsp3) is 0.533. The number of aliphatic hydroxyl groups is 1. The molecule has 0 saturated carbocycles. The molecule has 1 fully saturated rings. The van der Waals surface area contributed by atoms with E-state index in [-0.39, 0.29) is 17.4 Å². The Morgan fingerprint density at radius 2 is 2.22 bits per heavy atom. The van der Waals surface area contributed by atoms with Crippen LogP contribution in [0.25, 0.3) is 0 Å². The van der Waals surface area contributed by atoms with Gasteiger partial charge in [0.15, 0.2) is 5.11 Å². The minimum absolute atomic E-state index is 0.162. The maximum absolute atomic E-state index is 12.2. The van der Waals surface area contributed by atoms with Crippen molar-refractivity contribution in [3.63, 3.8) is 0 Å². The zero-order valence-corrected chi connectivity index (χ0v) is 15.0. The molecule has 6 nitrogen and oxygen atoms in total. The largest absolute Gasteiger partial charge is 0.396 e. The van der Waals surface area contributed by atoms with Crippen LogP contribution in [0.1, 0.15) is 12.8 Å². The molecule has 0 bridgehead atoms. The lowest BCUT2D eigenvalue weighted by molar-refractivity contribution is 0.162. The minimum atomic E-state index is -3.47. The van der Waals surface area contributed by atoms with Gasteiger partial charge in [0, 0.05) is 39.5 Å². The SMILES string of the molecule is CN(C)S(=O)(=O)c1cccc(NC(=S)N2CCC[C@H](CO)C2)c1. The van der Waals surface area contributed by atoms with Crippen LogP contribution in [0.3, 0.4) is 0 Å². The van der Waals surface area contributed by atoms with Crippen molar-refractivity contribution in [3.8, 4) is 0 Å². The van der Waals surface area contributed by atoms with Gasteiger partial charge in [-0.1, -0.05) is 6.07 Å². The molecule has 1 aliphatic rings. The Bertz CT molecular complexity index is 662. The first-order valence-corrected chi connectivity index (χ1v) is 9.39. The molecule has 1 aliphatic heterocycles. The maximum atomic E-state index is 12.2. The fourth-order valence-corrected chi connectivity index (χ4v) is 3.78. The van der Waals surface area contributed by atoms with Gasteiger partial charge in [-0.05, 0) is 49.2 Å². The van der Waals surface area contributed by atoms with E-state index in [0.717, 1.165) is 25.9 Å². The first kappa shape index (κ1) is 18.1. The van der Waals surface area contributed by atoms with Gasteiger partial charge in [-0.2, -0.15) is 0 Å². The molecular formula is C15H23N3O3S2. The van der Waals surface area contributed by atoms with Crippen molar-refractivity contribution >= 4 is 33.0 Å². The molecule has 128 valence electrons. The Hall–Kier alpha value is -1.22. The molecule has 8 heteroatoms. The van der Waals surface area contributed by atoms with Gasteiger partial charge in [0.25, 0.3) is 0 Å². The summed E-state index contributed by atoms with van der Waals surface area (Å²) in [5, 5.41) is 13.0. The highest BCUT2D eigenvalue weighted by Gasteiger charge is 2.22. The summed E-state index contributed by atoms with van der Waals surface area (Å²) in [6.07, 6.45) is 1.99. The van der Waals surface area contributed by atoms with E-state index in [4.69, 9.17) is 12.2 Å². The third kappa shape index (κ3) is 4.41. The van der Waals surface area contributed by atoms with Crippen molar-refractivity contribution in [1.29, 1.82) is 0 Å². The summed E-state index contributed by atoms with van der Waals surface area (Å²) in [5.74, 6) is 0.240. The molecular weight excluding hydrogens is 334 g/mol. The van der Waals surface area contributed by atoms with Crippen LogP contribution in [0, 0.1) is 5.92 Å². The number of benzene rings is 1. The van der Waals surface area contributed by atoms with Crippen LogP contribution < -0.4 is 5.32 Å². The summed E-state index contributed by atoms with van der Waals surface area (Å²) >= 11 is 5.42. The molecule has 0 radical (unpaired) electrons. The van der Waals surface area contributed by atoms with Gasteiger partial charge < -0.3 is 15.3 Å². The van der Waals surface area contributed by atoms with Crippen molar-refractivity contribution in [1.82, 2.24) is 9.21 Å². The lowest BCUT2D eigenvalue weighted by Crippen LogP contribution is -2.43. The van der Waals surface area contributed by atoms with Crippen LogP contribution in [-0.4, -0.2) is 61.6 Å². The minimum Gasteiger partial charge on any atom is -0.396 e. The predicted octanol–water partition coefficient (Wildman–Crippen LogP) is 1.34. The molecule has 1 saturated heterocycles. The third-order valence-corrected chi connectivity index (χ3v) is 6.10. The third-order valence-electron chi connectivity index (χ3n) is 3.93. The van der Waals surface area contributed by atoms with Crippen molar-refractivity contribution < 1.29 is 13.5 Å². The zero-order valence-electron chi connectivity index (χ0n) is 13.4. The summed E-state index contributed by atoms with van der Waals surface area (Å²) in [6.45, 7) is 1.73. The van der Waals surface area contributed by atoms with Gasteiger partial charge in [0.05, 0.1) is 4.90 Å². The number of piperidine rings is 1. The lowest BCUT2D eigenvalue weighted by atomic mass is 9.99. The van der Waals surface area contributed by atoms with E-state index >= 15 is 0 Å². The predicted molar refractivity (Wildman–Crippen MR) is 94.9 cm³/mol. The van der Waals surface area contributed by atoms with E-state index in [2.05, 4.69) is 5.32 Å². The molecule has 1 aromatic carbocycles. The van der Waals surface area contributed by atoms with Crippen LogP contribution >= 0.6 is 12.2 Å². The second kappa shape index (κ2) is 7.57. The summed E-state index contributed by atoms with van der Waals surface area (Å²) in [5.41, 5.74) is 0.643. The van der Waals surface area contributed by atoms with E-state index < -0.39 is 10.0 Å². The molecule has 1 aromatic rings. The van der Waals surface area contributed by atoms with Gasteiger partial charge >= 0.3 is 0 Å². The molecule has 2 rings (SSSR count). The lowest BCUT2D eigenvalue weighted by Gasteiger charge is -2.33. The summed E-state index contributed by atoms with van der Waals surface area (Å²) in [4.78, 5) is 2.24. The van der Waals surface area contributed by atoms with Crippen LogP contribution in [-0.2, 0) is 10.0 Å². The van der Waals surface area contributed by atoms with Crippen LogP contribution in [0.2, 0.25) is 0 Å². The topological polar surface area (TPSA) is 72.9 Å². The molecule has 0 aromatic heterocycles. The normalized spacial score (nSPS) is 19.0. The number of rotatable bonds is 4. The summed E-state index contributed by atoms with van der Waals surface area (Å²) < 4.78 is 25.5. The monoisotopic (exact) mass is 357 g/mol. The number of nitrogens with one attached hydrogen (secondary N) is 1. The Morgan fingerprint density at radius 1 is 1.48 bits per heavy atom. The Labute approximate surface area is 143 Å². The molecule has 0 amide bonds. The number of likely N-dealkylation sites (tertiary alicyclic amines) is 1. The number of thiocarbonyl (C=S) groups is 1. The second-order valence-corrected chi connectivity index (χ2v) is 8.42. The van der Waals surface area contributed by atoms with Crippen molar-refractivity contribution in [3.05, 3.63) is 24.3 Å². The Balaban J connectivity index is 2.10. The number of anilines is 1.